The minimum atomic E-state index is 0. The SMILES string of the molecule is BrBr.C.CBr.CC.CC.CC1CCCCC1.CC1CCCCC1.F.F.[CH2-]I.[V]. The maximum atomic E-state index is 3.22. The van der Waals surface area contributed by atoms with Gasteiger partial charge in [0.05, 0.1) is 0 Å². The fraction of sp³-hybridized carbons (Fsp3) is 0.952. The van der Waals surface area contributed by atoms with Crippen LogP contribution in [-0.4, -0.2) is 5.83 Å². The van der Waals surface area contributed by atoms with E-state index < -0.39 is 0 Å². The van der Waals surface area contributed by atoms with Gasteiger partial charge in [-0.05, 0) is 17.7 Å². The van der Waals surface area contributed by atoms with Gasteiger partial charge in [-0.25, -0.2) is 0 Å². The smallest absolute Gasteiger partial charge is 0 e. The maximum Gasteiger partial charge on any atom is 0 e. The van der Waals surface area contributed by atoms with Crippen LogP contribution in [-0.2, 0) is 18.6 Å². The van der Waals surface area contributed by atoms with Crippen molar-refractivity contribution in [2.45, 2.75) is 113 Å². The van der Waals surface area contributed by atoms with Crippen molar-refractivity contribution in [2.24, 2.45) is 11.8 Å². The zero-order valence-corrected chi connectivity index (χ0v) is 27.0. The van der Waals surface area contributed by atoms with Crippen LogP contribution in [0.15, 0.2) is 0 Å². The molecular weight excluding hydrogens is 708 g/mol. The summed E-state index contributed by atoms with van der Waals surface area (Å²) in [5, 5.41) is 0. The van der Waals surface area contributed by atoms with E-state index in [2.05, 4.69) is 63.0 Å². The van der Waals surface area contributed by atoms with Crippen LogP contribution in [0.3, 0.4) is 0 Å². The van der Waals surface area contributed by atoms with Crippen LogP contribution in [0, 0.1) is 16.8 Å². The van der Waals surface area contributed by atoms with E-state index in [1.54, 1.807) is 0 Å². The maximum absolute atomic E-state index is 3.22. The summed E-state index contributed by atoms with van der Waals surface area (Å²) in [7, 11) is 0. The van der Waals surface area contributed by atoms with Gasteiger partial charge >= 0.3 is 0 Å². The summed E-state index contributed by atoms with van der Waals surface area (Å²) < 4.78 is 0. The topological polar surface area (TPSA) is 0 Å². The van der Waals surface area contributed by atoms with Gasteiger partial charge in [-0.15, -0.1) is 0 Å². The van der Waals surface area contributed by atoms with Gasteiger partial charge in [0.2, 0.25) is 0 Å². The van der Waals surface area contributed by atoms with Gasteiger partial charge < -0.3 is 22.6 Å². The molecule has 0 saturated heterocycles. The Hall–Kier alpha value is 2.61. The third-order valence-corrected chi connectivity index (χ3v) is 3.79. The van der Waals surface area contributed by atoms with Crippen molar-refractivity contribution in [1.29, 1.82) is 0 Å². The fourth-order valence-corrected chi connectivity index (χ4v) is 2.61. The first-order chi connectivity index (χ1) is 11.8. The number of hydrogen-bond donors (Lipinski definition) is 0. The van der Waals surface area contributed by atoms with Crippen molar-refractivity contribution in [1.82, 2.24) is 0 Å². The zero-order valence-electron chi connectivity index (χ0n) is 18.7. The Balaban J connectivity index is -0.0000000233. The summed E-state index contributed by atoms with van der Waals surface area (Å²) in [4.78, 5) is 3.22. The van der Waals surface area contributed by atoms with Crippen molar-refractivity contribution < 1.29 is 28.0 Å². The van der Waals surface area contributed by atoms with E-state index >= 15 is 0 Å². The number of alkyl halides is 1. The molecule has 0 atom stereocenters. The van der Waals surface area contributed by atoms with E-state index in [9.17, 15) is 0 Å². The molecule has 0 amide bonds. The van der Waals surface area contributed by atoms with Crippen molar-refractivity contribution >= 4 is 66.8 Å². The van der Waals surface area contributed by atoms with Crippen LogP contribution in [0.1, 0.15) is 113 Å². The molecule has 0 aromatic carbocycles. The molecule has 183 valence electrons. The van der Waals surface area contributed by atoms with Gasteiger partial charge in [0.25, 0.3) is 0 Å². The molecule has 2 aliphatic rings. The molecule has 2 rings (SSSR count). The largest absolute Gasteiger partial charge is 0.319 e. The Morgan fingerprint density at radius 2 is 0.750 bits per heavy atom. The molecule has 1 radical (unpaired) electrons. The van der Waals surface area contributed by atoms with Gasteiger partial charge in [0.15, 0.2) is 0 Å². The van der Waals surface area contributed by atoms with Crippen LogP contribution in [0.4, 0.5) is 9.41 Å². The Kier molecular flexibility index (Phi) is 144. The van der Waals surface area contributed by atoms with Gasteiger partial charge in [0.1, 0.15) is 0 Å². The van der Waals surface area contributed by atoms with Crippen LogP contribution in [0.25, 0.3) is 0 Å². The monoisotopic (exact) mass is 756 g/mol. The predicted molar refractivity (Wildman–Crippen MR) is 151 cm³/mol. The van der Waals surface area contributed by atoms with Gasteiger partial charge in [-0.3, -0.25) is 14.3 Å². The minimum absolute atomic E-state index is 0. The van der Waals surface area contributed by atoms with E-state index in [1.165, 1.54) is 64.2 Å². The standard InChI is InChI=1S/2C7H14.2C2H6.CH3Br.CH2I.CH4.Br2.2FH.V/c2*1-7-5-3-2-4-6-7;4*1-2;;1-2;;;/h2*7H,2-6H2,1H3;2*1-2H3;1H3;1H2;1H4;;2*1H;/q;;;;;-1;;;;;. The second-order valence-electron chi connectivity index (χ2n) is 5.49. The summed E-state index contributed by atoms with van der Waals surface area (Å²) in [5.41, 5.74) is 0. The normalized spacial score (nSPS) is 13.7. The first-order valence-electron chi connectivity index (χ1n) is 9.58. The number of halogens is 6. The number of rotatable bonds is 0. The molecule has 0 aromatic heterocycles. The average Bonchev–Trinajstić information content (AvgIpc) is 2.71. The molecule has 0 aliphatic heterocycles. The molecule has 2 aliphatic carbocycles. The van der Waals surface area contributed by atoms with Crippen molar-refractivity contribution in [3.63, 3.8) is 0 Å². The summed E-state index contributed by atoms with van der Waals surface area (Å²) in [6, 6.07) is 0. The van der Waals surface area contributed by atoms with Gasteiger partial charge in [0, 0.05) is 46.8 Å². The van der Waals surface area contributed by atoms with Crippen molar-refractivity contribution in [2.75, 3.05) is 5.83 Å². The van der Waals surface area contributed by atoms with Gasteiger partial charge in [-0.2, -0.15) is 0 Å². The summed E-state index contributed by atoms with van der Waals surface area (Å²) in [5.74, 6) is 3.88. The van der Waals surface area contributed by atoms with Crippen LogP contribution in [0.2, 0.25) is 0 Å². The summed E-state index contributed by atoms with van der Waals surface area (Å²) in [6.07, 6.45) is 14.9. The molecule has 0 bridgehead atoms. The quantitative estimate of drug-likeness (QED) is 0.131. The van der Waals surface area contributed by atoms with Crippen LogP contribution in [0.5, 0.6) is 0 Å². The van der Waals surface area contributed by atoms with Crippen LogP contribution >= 0.6 is 66.8 Å². The molecule has 0 N–H and O–H groups in total. The Morgan fingerprint density at radius 3 is 0.821 bits per heavy atom. The van der Waals surface area contributed by atoms with E-state index in [1.807, 2.05) is 56.1 Å². The fourth-order valence-electron chi connectivity index (χ4n) is 2.61. The molecule has 2 saturated carbocycles. The number of hydrogen-bond acceptors (Lipinski definition) is 0. The first kappa shape index (κ1) is 57.5. The zero-order chi connectivity index (χ0) is 20.2. The van der Waals surface area contributed by atoms with E-state index in [-0.39, 0.29) is 35.4 Å². The molecule has 28 heavy (non-hydrogen) atoms. The molecule has 0 unspecified atom stereocenters. The summed E-state index contributed by atoms with van der Waals surface area (Å²) in [6.45, 7) is 12.7. The predicted octanol–water partition coefficient (Wildman–Crippen LogP) is 12.1. The molecule has 7 heteroatoms. The van der Waals surface area contributed by atoms with E-state index in [4.69, 9.17) is 0 Å². The molecular formula is C21H51Br3F2IV-. The summed E-state index contributed by atoms with van der Waals surface area (Å²) >= 11 is 10.3. The first-order valence-corrected chi connectivity index (χ1v) is 16.4. The van der Waals surface area contributed by atoms with Gasteiger partial charge in [-0.1, -0.05) is 129 Å². The van der Waals surface area contributed by atoms with E-state index in [0.717, 1.165) is 11.8 Å². The third kappa shape index (κ3) is 63.0. The molecule has 2 fully saturated rings. The second kappa shape index (κ2) is 70.0. The third-order valence-electron chi connectivity index (χ3n) is 3.79. The molecule has 0 heterocycles. The molecule has 0 spiro atoms. The Bertz CT molecular complexity index is 136. The minimum Gasteiger partial charge on any atom is -0.319 e. The Morgan fingerprint density at radius 1 is 0.607 bits per heavy atom. The Labute approximate surface area is 228 Å². The van der Waals surface area contributed by atoms with Crippen molar-refractivity contribution in [3.05, 3.63) is 4.93 Å². The van der Waals surface area contributed by atoms with Crippen LogP contribution < -0.4 is 0 Å². The van der Waals surface area contributed by atoms with Crippen molar-refractivity contribution in [3.8, 4) is 0 Å². The molecule has 0 nitrogen and oxygen atoms in total. The van der Waals surface area contributed by atoms with E-state index in [0.29, 0.717) is 0 Å². The average molecular weight is 759 g/mol. The molecule has 0 aromatic rings. The second-order valence-corrected chi connectivity index (χ2v) is 5.49.